The zero-order valence-corrected chi connectivity index (χ0v) is 19.7. The number of halogens is 2. The third kappa shape index (κ3) is 4.16. The first-order valence-corrected chi connectivity index (χ1v) is 12.2. The largest absolute Gasteiger partial charge is 0.335 e. The molecule has 0 atom stereocenters. The van der Waals surface area contributed by atoms with Crippen molar-refractivity contribution in [2.45, 2.75) is 6.04 Å². The molecule has 1 aromatic heterocycles. The lowest BCUT2D eigenvalue weighted by molar-refractivity contribution is 0.0602. The molecule has 162 valence electrons. The van der Waals surface area contributed by atoms with E-state index in [1.807, 2.05) is 35.2 Å². The van der Waals surface area contributed by atoms with Crippen LogP contribution in [0.2, 0.25) is 10.0 Å². The Balaban J connectivity index is 1.36. The summed E-state index contributed by atoms with van der Waals surface area (Å²) >= 11 is 14.1. The molecule has 1 fully saturated rings. The van der Waals surface area contributed by atoms with Crippen molar-refractivity contribution < 1.29 is 4.79 Å². The van der Waals surface area contributed by atoms with Crippen molar-refractivity contribution in [1.82, 2.24) is 9.80 Å². The second kappa shape index (κ2) is 9.24. The summed E-state index contributed by atoms with van der Waals surface area (Å²) in [5.41, 5.74) is 2.53. The molecule has 0 unspecified atom stereocenters. The Hall–Kier alpha value is -2.37. The van der Waals surface area contributed by atoms with E-state index in [1.165, 1.54) is 22.5 Å². The van der Waals surface area contributed by atoms with E-state index in [9.17, 15) is 4.79 Å². The van der Waals surface area contributed by atoms with Crippen LogP contribution in [0.4, 0.5) is 0 Å². The molecule has 6 heteroatoms. The first-order valence-electron chi connectivity index (χ1n) is 10.6. The summed E-state index contributed by atoms with van der Waals surface area (Å²) in [6.45, 7) is 2.93. The van der Waals surface area contributed by atoms with E-state index in [4.69, 9.17) is 23.2 Å². The SMILES string of the molecule is O=C(c1sc2cc(Cl)ccc2c1Cl)N1CCN(C(c2ccccc2)c2ccccc2)CC1. The number of amides is 1. The van der Waals surface area contributed by atoms with E-state index < -0.39 is 0 Å². The Labute approximate surface area is 201 Å². The van der Waals surface area contributed by atoms with Gasteiger partial charge < -0.3 is 4.90 Å². The molecule has 1 saturated heterocycles. The van der Waals surface area contributed by atoms with Gasteiger partial charge in [-0.15, -0.1) is 11.3 Å². The first-order chi connectivity index (χ1) is 15.6. The van der Waals surface area contributed by atoms with Crippen LogP contribution < -0.4 is 0 Å². The Morgan fingerprint density at radius 1 is 0.812 bits per heavy atom. The van der Waals surface area contributed by atoms with E-state index in [-0.39, 0.29) is 11.9 Å². The molecular weight excluding hydrogens is 459 g/mol. The van der Waals surface area contributed by atoms with Gasteiger partial charge in [-0.1, -0.05) is 89.9 Å². The topological polar surface area (TPSA) is 23.6 Å². The predicted molar refractivity (Wildman–Crippen MR) is 134 cm³/mol. The van der Waals surface area contributed by atoms with Crippen LogP contribution in [0.3, 0.4) is 0 Å². The quantitative estimate of drug-likeness (QED) is 0.322. The van der Waals surface area contributed by atoms with E-state index in [2.05, 4.69) is 53.4 Å². The van der Waals surface area contributed by atoms with Crippen LogP contribution in [-0.4, -0.2) is 41.9 Å². The van der Waals surface area contributed by atoms with E-state index in [1.54, 1.807) is 0 Å². The summed E-state index contributed by atoms with van der Waals surface area (Å²) in [5, 5.41) is 2.06. The fourth-order valence-corrected chi connectivity index (χ4v) is 6.14. The highest BCUT2D eigenvalue weighted by Gasteiger charge is 2.30. The minimum absolute atomic E-state index is 0.00273. The van der Waals surface area contributed by atoms with Gasteiger partial charge in [0.1, 0.15) is 4.88 Å². The number of piperazine rings is 1. The van der Waals surface area contributed by atoms with E-state index in [0.29, 0.717) is 28.0 Å². The molecule has 4 aromatic rings. The van der Waals surface area contributed by atoms with Crippen LogP contribution in [0.1, 0.15) is 26.8 Å². The number of nitrogens with zero attached hydrogens (tertiary/aromatic N) is 2. The molecule has 3 nitrogen and oxygen atoms in total. The van der Waals surface area contributed by atoms with Crippen LogP contribution in [0, 0.1) is 0 Å². The van der Waals surface area contributed by atoms with E-state index in [0.717, 1.165) is 23.2 Å². The molecule has 0 radical (unpaired) electrons. The fourth-order valence-electron chi connectivity index (χ4n) is 4.39. The molecule has 1 aliphatic rings. The monoisotopic (exact) mass is 480 g/mol. The highest BCUT2D eigenvalue weighted by Crippen LogP contribution is 2.38. The number of carbonyl (C=O) groups excluding carboxylic acids is 1. The Morgan fingerprint density at radius 2 is 1.41 bits per heavy atom. The Kier molecular flexibility index (Phi) is 6.20. The van der Waals surface area contributed by atoms with Crippen LogP contribution in [-0.2, 0) is 0 Å². The minimum Gasteiger partial charge on any atom is -0.335 e. The van der Waals surface area contributed by atoms with Gasteiger partial charge in [0.05, 0.1) is 11.1 Å². The van der Waals surface area contributed by atoms with Gasteiger partial charge in [-0.25, -0.2) is 0 Å². The van der Waals surface area contributed by atoms with Gasteiger partial charge in [0, 0.05) is 41.3 Å². The van der Waals surface area contributed by atoms with Crippen LogP contribution in [0.25, 0.3) is 10.1 Å². The van der Waals surface area contributed by atoms with Gasteiger partial charge in [-0.2, -0.15) is 0 Å². The summed E-state index contributed by atoms with van der Waals surface area (Å²) in [7, 11) is 0. The highest BCUT2D eigenvalue weighted by molar-refractivity contribution is 7.21. The number of rotatable bonds is 4. The second-order valence-electron chi connectivity index (χ2n) is 7.94. The molecule has 0 saturated carbocycles. The number of hydrogen-bond donors (Lipinski definition) is 0. The lowest BCUT2D eigenvalue weighted by Crippen LogP contribution is -2.49. The van der Waals surface area contributed by atoms with Gasteiger partial charge in [-0.3, -0.25) is 9.69 Å². The molecule has 3 aromatic carbocycles. The third-order valence-electron chi connectivity index (χ3n) is 5.98. The Morgan fingerprint density at radius 3 is 2.00 bits per heavy atom. The number of hydrogen-bond acceptors (Lipinski definition) is 3. The number of fused-ring (bicyclic) bond motifs is 1. The van der Waals surface area contributed by atoms with Gasteiger partial charge in [0.2, 0.25) is 0 Å². The minimum atomic E-state index is 0.00273. The van der Waals surface area contributed by atoms with Crippen molar-refractivity contribution in [2.75, 3.05) is 26.2 Å². The maximum atomic E-state index is 13.3. The molecule has 0 aliphatic carbocycles. The van der Waals surface area contributed by atoms with Crippen LogP contribution in [0.5, 0.6) is 0 Å². The average Bonchev–Trinajstić information content (AvgIpc) is 3.16. The van der Waals surface area contributed by atoms with Gasteiger partial charge in [0.25, 0.3) is 5.91 Å². The molecular formula is C26H22Cl2N2OS. The molecule has 1 amide bonds. The summed E-state index contributed by atoms with van der Waals surface area (Å²) < 4.78 is 0.942. The maximum Gasteiger partial charge on any atom is 0.265 e. The zero-order valence-electron chi connectivity index (χ0n) is 17.4. The third-order valence-corrected chi connectivity index (χ3v) is 7.86. The predicted octanol–water partition coefficient (Wildman–Crippen LogP) is 6.76. The second-order valence-corrected chi connectivity index (χ2v) is 9.80. The maximum absolute atomic E-state index is 13.3. The van der Waals surface area contributed by atoms with Crippen molar-refractivity contribution in [3.8, 4) is 0 Å². The summed E-state index contributed by atoms with van der Waals surface area (Å²) in [5.74, 6) is 0.00273. The zero-order chi connectivity index (χ0) is 22.1. The van der Waals surface area contributed by atoms with Crippen molar-refractivity contribution in [1.29, 1.82) is 0 Å². The summed E-state index contributed by atoms with van der Waals surface area (Å²) in [6, 6.07) is 26.9. The fraction of sp³-hybridized carbons (Fsp3) is 0.192. The summed E-state index contributed by atoms with van der Waals surface area (Å²) in [6.07, 6.45) is 0. The lowest BCUT2D eigenvalue weighted by atomic mass is 9.96. The normalized spacial score (nSPS) is 14.9. The molecule has 0 N–H and O–H groups in total. The van der Waals surface area contributed by atoms with Crippen molar-refractivity contribution >= 4 is 50.5 Å². The van der Waals surface area contributed by atoms with Gasteiger partial charge >= 0.3 is 0 Å². The molecule has 2 heterocycles. The average molecular weight is 481 g/mol. The molecule has 1 aliphatic heterocycles. The molecule has 5 rings (SSSR count). The van der Waals surface area contributed by atoms with Gasteiger partial charge in [0.15, 0.2) is 0 Å². The first kappa shape index (κ1) is 21.5. The molecule has 0 spiro atoms. The number of thiophene rings is 1. The number of benzene rings is 3. The molecule has 32 heavy (non-hydrogen) atoms. The van der Waals surface area contributed by atoms with Crippen LogP contribution >= 0.6 is 34.5 Å². The smallest absolute Gasteiger partial charge is 0.265 e. The van der Waals surface area contributed by atoms with Crippen molar-refractivity contribution in [3.63, 3.8) is 0 Å². The number of carbonyl (C=O) groups is 1. The van der Waals surface area contributed by atoms with Crippen molar-refractivity contribution in [2.24, 2.45) is 0 Å². The molecule has 0 bridgehead atoms. The summed E-state index contributed by atoms with van der Waals surface area (Å²) in [4.78, 5) is 18.3. The standard InChI is InChI=1S/C26H22Cl2N2OS/c27-20-11-12-21-22(17-20)32-25(23(21)28)26(31)30-15-13-29(14-16-30)24(18-7-3-1-4-8-18)19-9-5-2-6-10-19/h1-12,17,24H,13-16H2. The Bertz CT molecular complexity index is 1200. The lowest BCUT2D eigenvalue weighted by Gasteiger charge is -2.39. The van der Waals surface area contributed by atoms with Crippen molar-refractivity contribution in [3.05, 3.63) is 105 Å². The van der Waals surface area contributed by atoms with E-state index >= 15 is 0 Å². The van der Waals surface area contributed by atoms with Gasteiger partial charge in [-0.05, 0) is 23.3 Å². The van der Waals surface area contributed by atoms with Crippen LogP contribution in [0.15, 0.2) is 78.9 Å². The highest BCUT2D eigenvalue weighted by atomic mass is 35.5.